The number of thioether (sulfide) groups is 1. The average Bonchev–Trinajstić information content (AvgIpc) is 2.50. The maximum atomic E-state index is 12.4. The quantitative estimate of drug-likeness (QED) is 0.813. The maximum Gasteiger partial charge on any atom is 0.242 e. The second-order valence-corrected chi connectivity index (χ2v) is 6.46. The number of hydrogen-bond acceptors (Lipinski definition) is 5. The van der Waals surface area contributed by atoms with Crippen molar-refractivity contribution >= 4 is 29.3 Å². The van der Waals surface area contributed by atoms with Crippen LogP contribution in [0.5, 0.6) is 0 Å². The van der Waals surface area contributed by atoms with Crippen molar-refractivity contribution in [2.45, 2.75) is 18.9 Å². The van der Waals surface area contributed by atoms with Crippen molar-refractivity contribution in [1.29, 1.82) is 0 Å². The monoisotopic (exact) mass is 321 g/mol. The number of hydrogen-bond donors (Lipinski definition) is 0. The molecular formula is C15H19N3O3S. The van der Waals surface area contributed by atoms with Gasteiger partial charge in [0.2, 0.25) is 11.8 Å². The van der Waals surface area contributed by atoms with Crippen molar-refractivity contribution in [3.8, 4) is 0 Å². The van der Waals surface area contributed by atoms with Gasteiger partial charge < -0.3 is 9.64 Å². The second-order valence-electron chi connectivity index (χ2n) is 5.50. The number of aryl methyl sites for hydroxylation is 2. The number of pyridine rings is 1. The summed E-state index contributed by atoms with van der Waals surface area (Å²) in [5.74, 6) is 0.265. The molecule has 3 heterocycles. The maximum absolute atomic E-state index is 12.4. The highest BCUT2D eigenvalue weighted by Crippen LogP contribution is 2.36. The van der Waals surface area contributed by atoms with Gasteiger partial charge >= 0.3 is 0 Å². The van der Waals surface area contributed by atoms with Crippen LogP contribution in [-0.2, 0) is 14.3 Å². The van der Waals surface area contributed by atoms with Crippen LogP contribution in [0.25, 0.3) is 0 Å². The first-order valence-electron chi connectivity index (χ1n) is 7.33. The third-order valence-electron chi connectivity index (χ3n) is 3.84. The number of carbonyl (C=O) groups is 2. The number of nitrogens with zero attached hydrogens (tertiary/aromatic N) is 3. The average molecular weight is 321 g/mol. The molecule has 0 atom stereocenters. The molecule has 1 fully saturated rings. The van der Waals surface area contributed by atoms with E-state index in [2.05, 4.69) is 4.98 Å². The minimum atomic E-state index is -0.0344. The molecule has 0 unspecified atom stereocenters. The van der Waals surface area contributed by atoms with E-state index in [9.17, 15) is 9.59 Å². The molecular weight excluding hydrogens is 302 g/mol. The standard InChI is InChI=1S/C15H19N3O3S/c1-10-7-11(2)16-15-14(10)18(13(20)9-22-15)8-12(19)17-3-5-21-6-4-17/h7H,3-6,8-9H2,1-2H3. The van der Waals surface area contributed by atoms with Crippen LogP contribution in [0.15, 0.2) is 11.1 Å². The first-order valence-corrected chi connectivity index (χ1v) is 8.32. The van der Waals surface area contributed by atoms with Gasteiger partial charge in [0.15, 0.2) is 0 Å². The van der Waals surface area contributed by atoms with Crippen LogP contribution < -0.4 is 4.90 Å². The number of ether oxygens (including phenoxy) is 1. The second kappa shape index (κ2) is 6.26. The topological polar surface area (TPSA) is 62.7 Å². The Bertz CT molecular complexity index is 614. The zero-order valence-corrected chi connectivity index (χ0v) is 13.6. The van der Waals surface area contributed by atoms with E-state index in [4.69, 9.17) is 4.74 Å². The fourth-order valence-electron chi connectivity index (χ4n) is 2.77. The van der Waals surface area contributed by atoms with Crippen molar-refractivity contribution in [3.63, 3.8) is 0 Å². The van der Waals surface area contributed by atoms with Crippen LogP contribution in [0.4, 0.5) is 5.69 Å². The summed E-state index contributed by atoms with van der Waals surface area (Å²) in [5.41, 5.74) is 2.70. The molecule has 7 heteroatoms. The molecule has 0 aliphatic carbocycles. The molecule has 0 spiro atoms. The Hall–Kier alpha value is -1.60. The first-order chi connectivity index (χ1) is 10.6. The largest absolute Gasteiger partial charge is 0.378 e. The van der Waals surface area contributed by atoms with E-state index < -0.39 is 0 Å². The number of aromatic nitrogens is 1. The van der Waals surface area contributed by atoms with Gasteiger partial charge in [0.1, 0.15) is 11.6 Å². The summed E-state index contributed by atoms with van der Waals surface area (Å²) in [5, 5.41) is 0.840. The van der Waals surface area contributed by atoms with Crippen molar-refractivity contribution in [3.05, 3.63) is 17.3 Å². The summed E-state index contributed by atoms with van der Waals surface area (Å²) in [6.45, 7) is 6.28. The first kappa shape index (κ1) is 15.3. The van der Waals surface area contributed by atoms with Crippen LogP contribution >= 0.6 is 11.8 Å². The molecule has 0 saturated carbocycles. The van der Waals surface area contributed by atoms with E-state index in [1.165, 1.54) is 11.8 Å². The molecule has 118 valence electrons. The molecule has 0 radical (unpaired) electrons. The van der Waals surface area contributed by atoms with Gasteiger partial charge in [-0.3, -0.25) is 14.5 Å². The minimum absolute atomic E-state index is 0.0329. The summed E-state index contributed by atoms with van der Waals surface area (Å²) in [4.78, 5) is 32.6. The molecule has 2 aliphatic rings. The van der Waals surface area contributed by atoms with E-state index in [1.807, 2.05) is 19.9 Å². The normalized spacial score (nSPS) is 18.4. The van der Waals surface area contributed by atoms with Crippen LogP contribution in [0.2, 0.25) is 0 Å². The van der Waals surface area contributed by atoms with Crippen LogP contribution in [-0.4, -0.2) is 60.3 Å². The molecule has 6 nitrogen and oxygen atoms in total. The van der Waals surface area contributed by atoms with Gasteiger partial charge in [0.25, 0.3) is 0 Å². The van der Waals surface area contributed by atoms with Gasteiger partial charge in [-0.2, -0.15) is 0 Å². The predicted octanol–water partition coefficient (Wildman–Crippen LogP) is 0.996. The summed E-state index contributed by atoms with van der Waals surface area (Å²) in [6, 6.07) is 1.95. The van der Waals surface area contributed by atoms with Crippen molar-refractivity contribution in [1.82, 2.24) is 9.88 Å². The van der Waals surface area contributed by atoms with E-state index >= 15 is 0 Å². The van der Waals surface area contributed by atoms with E-state index in [0.717, 1.165) is 22.0 Å². The summed E-state index contributed by atoms with van der Waals surface area (Å²) < 4.78 is 5.26. The molecule has 2 amide bonds. The van der Waals surface area contributed by atoms with Crippen molar-refractivity contribution in [2.24, 2.45) is 0 Å². The van der Waals surface area contributed by atoms with Gasteiger partial charge in [-0.05, 0) is 25.5 Å². The number of amides is 2. The molecule has 1 aromatic rings. The Labute approximate surface area is 133 Å². The third kappa shape index (κ3) is 2.96. The van der Waals surface area contributed by atoms with Crippen molar-refractivity contribution < 1.29 is 14.3 Å². The number of rotatable bonds is 2. The fourth-order valence-corrected chi connectivity index (χ4v) is 3.81. The molecule has 0 N–H and O–H groups in total. The van der Waals surface area contributed by atoms with Gasteiger partial charge in [-0.15, -0.1) is 0 Å². The smallest absolute Gasteiger partial charge is 0.242 e. The number of carbonyl (C=O) groups excluding carboxylic acids is 2. The highest BCUT2D eigenvalue weighted by Gasteiger charge is 2.30. The Morgan fingerprint density at radius 2 is 2.09 bits per heavy atom. The predicted molar refractivity (Wildman–Crippen MR) is 84.2 cm³/mol. The number of fused-ring (bicyclic) bond motifs is 1. The summed E-state index contributed by atoms with van der Waals surface area (Å²) in [7, 11) is 0. The molecule has 22 heavy (non-hydrogen) atoms. The zero-order chi connectivity index (χ0) is 15.7. The van der Waals surface area contributed by atoms with Gasteiger partial charge in [0.05, 0.1) is 24.7 Å². The highest BCUT2D eigenvalue weighted by molar-refractivity contribution is 8.00. The molecule has 2 aliphatic heterocycles. The molecule has 0 aromatic carbocycles. The lowest BCUT2D eigenvalue weighted by Crippen LogP contribution is -2.48. The van der Waals surface area contributed by atoms with Gasteiger partial charge in [0, 0.05) is 18.8 Å². The lowest BCUT2D eigenvalue weighted by atomic mass is 10.2. The lowest BCUT2D eigenvalue weighted by molar-refractivity contribution is -0.134. The van der Waals surface area contributed by atoms with Gasteiger partial charge in [-0.1, -0.05) is 11.8 Å². The molecule has 0 bridgehead atoms. The van der Waals surface area contributed by atoms with E-state index in [1.54, 1.807) is 9.80 Å². The SMILES string of the molecule is Cc1cc(C)c2c(n1)SCC(=O)N2CC(=O)N1CCOCC1. The molecule has 3 rings (SSSR count). The fraction of sp³-hybridized carbons (Fsp3) is 0.533. The zero-order valence-electron chi connectivity index (χ0n) is 12.8. The Balaban J connectivity index is 1.84. The van der Waals surface area contributed by atoms with Crippen LogP contribution in [0, 0.1) is 13.8 Å². The van der Waals surface area contributed by atoms with E-state index in [0.29, 0.717) is 32.1 Å². The van der Waals surface area contributed by atoms with Crippen LogP contribution in [0.3, 0.4) is 0 Å². The Morgan fingerprint density at radius 1 is 1.36 bits per heavy atom. The van der Waals surface area contributed by atoms with Crippen molar-refractivity contribution in [2.75, 3.05) is 43.5 Å². The van der Waals surface area contributed by atoms with Crippen LogP contribution in [0.1, 0.15) is 11.3 Å². The number of anilines is 1. The summed E-state index contributed by atoms with van der Waals surface area (Å²) in [6.07, 6.45) is 0. The number of morpholine rings is 1. The Kier molecular flexibility index (Phi) is 4.35. The summed E-state index contributed by atoms with van der Waals surface area (Å²) >= 11 is 1.44. The minimum Gasteiger partial charge on any atom is -0.378 e. The molecule has 1 aromatic heterocycles. The lowest BCUT2D eigenvalue weighted by Gasteiger charge is -2.33. The van der Waals surface area contributed by atoms with Gasteiger partial charge in [-0.25, -0.2) is 4.98 Å². The highest BCUT2D eigenvalue weighted by atomic mass is 32.2. The third-order valence-corrected chi connectivity index (χ3v) is 4.79. The molecule has 1 saturated heterocycles. The van der Waals surface area contributed by atoms with E-state index in [-0.39, 0.29) is 18.4 Å². The Morgan fingerprint density at radius 3 is 2.82 bits per heavy atom.